The zero-order chi connectivity index (χ0) is 16.4. The second kappa shape index (κ2) is 6.15. The summed E-state index contributed by atoms with van der Waals surface area (Å²) in [5.74, 6) is -0.667. The number of pyridine rings is 1. The number of aromatic nitrogens is 1. The molecule has 0 aliphatic carbocycles. The zero-order valence-electron chi connectivity index (χ0n) is 12.2. The van der Waals surface area contributed by atoms with Crippen LogP contribution in [0.3, 0.4) is 0 Å². The van der Waals surface area contributed by atoms with Crippen molar-refractivity contribution in [1.29, 1.82) is 5.26 Å². The number of rotatable bonds is 2. The van der Waals surface area contributed by atoms with Gasteiger partial charge in [-0.05, 0) is 36.2 Å². The summed E-state index contributed by atoms with van der Waals surface area (Å²) >= 11 is 0. The van der Waals surface area contributed by atoms with Gasteiger partial charge in [0.05, 0.1) is 17.7 Å². The Labute approximate surface area is 132 Å². The highest BCUT2D eigenvalue weighted by molar-refractivity contribution is 5.92. The number of carbonyl (C=O) groups excluding carboxylic acids is 1. The van der Waals surface area contributed by atoms with Gasteiger partial charge in [-0.25, -0.2) is 9.37 Å². The van der Waals surface area contributed by atoms with Crippen molar-refractivity contribution in [2.45, 2.75) is 18.6 Å². The maximum atomic E-state index is 13.1. The van der Waals surface area contributed by atoms with E-state index >= 15 is 0 Å². The Balaban J connectivity index is 1.87. The van der Waals surface area contributed by atoms with Crippen LogP contribution in [-0.4, -0.2) is 33.5 Å². The molecule has 2 unspecified atom stereocenters. The van der Waals surface area contributed by atoms with Crippen LogP contribution in [0.25, 0.3) is 0 Å². The van der Waals surface area contributed by atoms with Gasteiger partial charge in [-0.2, -0.15) is 5.26 Å². The number of aliphatic hydroxyl groups excluding tert-OH is 1. The maximum Gasteiger partial charge on any atom is 0.273 e. The zero-order valence-corrected chi connectivity index (χ0v) is 12.2. The van der Waals surface area contributed by atoms with Gasteiger partial charge in [0.15, 0.2) is 0 Å². The van der Waals surface area contributed by atoms with Gasteiger partial charge in [-0.1, -0.05) is 12.1 Å². The molecular weight excluding hydrogens is 297 g/mol. The number of halogens is 1. The Morgan fingerprint density at radius 3 is 2.65 bits per heavy atom. The standard InChI is InChI=1S/C17H14FN3O2/c18-13-4-2-12(3-5-13)16-7-14(22)10-21(16)17(23)15-6-1-11(8-19)9-20-15/h1-6,9,14,16,22H,7,10H2. The number of nitriles is 1. The highest BCUT2D eigenvalue weighted by Crippen LogP contribution is 2.33. The van der Waals surface area contributed by atoms with Crippen LogP contribution >= 0.6 is 0 Å². The number of amides is 1. The first-order valence-electron chi connectivity index (χ1n) is 7.19. The lowest BCUT2D eigenvalue weighted by Crippen LogP contribution is -2.32. The number of likely N-dealkylation sites (tertiary alicyclic amines) is 1. The molecule has 2 atom stereocenters. The van der Waals surface area contributed by atoms with Crippen molar-refractivity contribution >= 4 is 5.91 Å². The van der Waals surface area contributed by atoms with Gasteiger partial charge < -0.3 is 10.0 Å². The predicted octanol–water partition coefficient (Wildman–Crippen LogP) is 2.04. The molecule has 2 aromatic rings. The number of aliphatic hydroxyl groups is 1. The number of nitrogens with zero attached hydrogens (tertiary/aromatic N) is 3. The van der Waals surface area contributed by atoms with Crippen LogP contribution in [0.5, 0.6) is 0 Å². The van der Waals surface area contributed by atoms with Crippen molar-refractivity contribution in [3.8, 4) is 6.07 Å². The minimum atomic E-state index is -0.632. The van der Waals surface area contributed by atoms with E-state index in [1.54, 1.807) is 12.1 Å². The third kappa shape index (κ3) is 3.05. The lowest BCUT2D eigenvalue weighted by Gasteiger charge is -2.24. The Morgan fingerprint density at radius 2 is 2.04 bits per heavy atom. The van der Waals surface area contributed by atoms with Gasteiger partial charge in [0.1, 0.15) is 17.6 Å². The average Bonchev–Trinajstić information content (AvgIpc) is 2.97. The summed E-state index contributed by atoms with van der Waals surface area (Å²) in [4.78, 5) is 18.2. The van der Waals surface area contributed by atoms with Crippen LogP contribution in [0.2, 0.25) is 0 Å². The number of carbonyl (C=O) groups is 1. The fourth-order valence-corrected chi connectivity index (χ4v) is 2.77. The molecule has 5 nitrogen and oxygen atoms in total. The van der Waals surface area contributed by atoms with Crippen molar-refractivity contribution in [3.63, 3.8) is 0 Å². The van der Waals surface area contributed by atoms with Crippen molar-refractivity contribution < 1.29 is 14.3 Å². The molecule has 1 N–H and O–H groups in total. The summed E-state index contributed by atoms with van der Waals surface area (Å²) in [6, 6.07) is 10.5. The van der Waals surface area contributed by atoms with Crippen LogP contribution in [0.15, 0.2) is 42.6 Å². The van der Waals surface area contributed by atoms with Gasteiger partial charge in [-0.3, -0.25) is 4.79 Å². The molecule has 23 heavy (non-hydrogen) atoms. The van der Waals surface area contributed by atoms with Crippen molar-refractivity contribution in [1.82, 2.24) is 9.88 Å². The smallest absolute Gasteiger partial charge is 0.273 e. The van der Waals surface area contributed by atoms with E-state index < -0.39 is 6.10 Å². The van der Waals surface area contributed by atoms with E-state index in [1.807, 2.05) is 6.07 Å². The third-order valence-corrected chi connectivity index (χ3v) is 3.91. The van der Waals surface area contributed by atoms with Gasteiger partial charge in [0.25, 0.3) is 5.91 Å². The molecule has 0 saturated carbocycles. The summed E-state index contributed by atoms with van der Waals surface area (Å²) in [5.41, 5.74) is 1.35. The molecule has 6 heteroatoms. The molecule has 0 spiro atoms. The van der Waals surface area contributed by atoms with Crippen LogP contribution in [0.1, 0.15) is 34.1 Å². The summed E-state index contributed by atoms with van der Waals surface area (Å²) in [6.45, 7) is 0.197. The third-order valence-electron chi connectivity index (χ3n) is 3.91. The van der Waals surface area contributed by atoms with Crippen LogP contribution in [0, 0.1) is 17.1 Å². The normalized spacial score (nSPS) is 20.3. The molecule has 1 aromatic carbocycles. The Bertz CT molecular complexity index is 753. The van der Waals surface area contributed by atoms with Crippen molar-refractivity contribution in [2.24, 2.45) is 0 Å². The fraction of sp³-hybridized carbons (Fsp3) is 0.235. The largest absolute Gasteiger partial charge is 0.391 e. The van der Waals surface area contributed by atoms with Gasteiger partial charge >= 0.3 is 0 Å². The number of benzene rings is 1. The summed E-state index contributed by atoms with van der Waals surface area (Å²) < 4.78 is 13.1. The van der Waals surface area contributed by atoms with Crippen LogP contribution in [0.4, 0.5) is 4.39 Å². The molecule has 0 radical (unpaired) electrons. The molecule has 2 heterocycles. The highest BCUT2D eigenvalue weighted by atomic mass is 19.1. The summed E-state index contributed by atoms with van der Waals surface area (Å²) in [5, 5.41) is 18.7. The first kappa shape index (κ1) is 15.1. The molecule has 3 rings (SSSR count). The second-order valence-electron chi connectivity index (χ2n) is 5.46. The lowest BCUT2D eigenvalue weighted by atomic mass is 10.0. The summed E-state index contributed by atoms with van der Waals surface area (Å²) in [7, 11) is 0. The number of hydrogen-bond donors (Lipinski definition) is 1. The molecular formula is C17H14FN3O2. The molecule has 1 aliphatic heterocycles. The highest BCUT2D eigenvalue weighted by Gasteiger charge is 2.36. The van der Waals surface area contributed by atoms with Crippen LogP contribution < -0.4 is 0 Å². The molecule has 1 fully saturated rings. The molecule has 116 valence electrons. The van der Waals surface area contributed by atoms with Crippen molar-refractivity contribution in [3.05, 3.63) is 65.2 Å². The van der Waals surface area contributed by atoms with Gasteiger partial charge in [0, 0.05) is 12.7 Å². The monoisotopic (exact) mass is 311 g/mol. The Morgan fingerprint density at radius 1 is 1.30 bits per heavy atom. The second-order valence-corrected chi connectivity index (χ2v) is 5.46. The SMILES string of the molecule is N#Cc1ccc(C(=O)N2CC(O)CC2c2ccc(F)cc2)nc1. The minimum Gasteiger partial charge on any atom is -0.391 e. The lowest BCUT2D eigenvalue weighted by molar-refractivity contribution is 0.0710. The molecule has 1 aromatic heterocycles. The quantitative estimate of drug-likeness (QED) is 0.920. The number of hydrogen-bond acceptors (Lipinski definition) is 4. The van der Waals surface area contributed by atoms with E-state index in [2.05, 4.69) is 4.98 Å². The van der Waals surface area contributed by atoms with Crippen LogP contribution in [-0.2, 0) is 0 Å². The molecule has 1 aliphatic rings. The van der Waals surface area contributed by atoms with E-state index in [9.17, 15) is 14.3 Å². The Kier molecular flexibility index (Phi) is 4.04. The summed E-state index contributed by atoms with van der Waals surface area (Å²) in [6.07, 6.45) is 1.10. The first-order valence-corrected chi connectivity index (χ1v) is 7.19. The molecule has 0 bridgehead atoms. The Hall–Kier alpha value is -2.78. The fourth-order valence-electron chi connectivity index (χ4n) is 2.77. The van der Waals surface area contributed by atoms with Crippen molar-refractivity contribution in [2.75, 3.05) is 6.54 Å². The van der Waals surface area contributed by atoms with Gasteiger partial charge in [-0.15, -0.1) is 0 Å². The number of β-amino-alcohol motifs (C(OH)–C–C–N with tert-alkyl or cyclic N) is 1. The maximum absolute atomic E-state index is 13.1. The van der Waals surface area contributed by atoms with E-state index in [0.29, 0.717) is 12.0 Å². The topological polar surface area (TPSA) is 77.2 Å². The molecule has 1 saturated heterocycles. The van der Waals surface area contributed by atoms with E-state index in [0.717, 1.165) is 5.56 Å². The van der Waals surface area contributed by atoms with E-state index in [4.69, 9.17) is 5.26 Å². The minimum absolute atomic E-state index is 0.197. The van der Waals surface area contributed by atoms with E-state index in [1.165, 1.54) is 35.4 Å². The predicted molar refractivity (Wildman–Crippen MR) is 79.8 cm³/mol. The average molecular weight is 311 g/mol. The van der Waals surface area contributed by atoms with E-state index in [-0.39, 0.29) is 30.0 Å². The van der Waals surface area contributed by atoms with Gasteiger partial charge in [0.2, 0.25) is 0 Å². The molecule has 1 amide bonds. The first-order chi connectivity index (χ1) is 11.1.